The standard InChI is InChI=1S/C22H18FN3O.C14H14BrN3O.C11H10BrN3O.C8H5F.C3H5Br.CH3F/c1-2-10-25-11-12-26-21(15-25)24-20-14-17(8-9-19(20)22(26)27)7-6-16-4-3-5-18(23)13-16;1-2-5-17-6-7-18-13(9-17)16-12-8-10(15)3-4-11(12)14(18)19;12-7-1-2-8-9(5-7)14-10-6-13-3-4-15(10)11(8)16;1-2-7-4-3-5-8(9)6-7;1-2-3-4;1-2/h2-5,8-9,13-14H,1,10-12,15H2;2-4,8H,1,5-7,9H2;1-2,5,13H,3-4,6H2;1,3-6H;2H,1,3H2;1H3/i;;;;;1D. The van der Waals surface area contributed by atoms with Crippen LogP contribution in [0.3, 0.4) is 0 Å². The van der Waals surface area contributed by atoms with Gasteiger partial charge >= 0.3 is 0 Å². The summed E-state index contributed by atoms with van der Waals surface area (Å²) in [5.74, 6) is 10.1. The Morgan fingerprint density at radius 3 is 1.51 bits per heavy atom. The molecule has 0 fully saturated rings. The van der Waals surface area contributed by atoms with Crippen molar-refractivity contribution in [3.8, 4) is 24.2 Å². The number of benzene rings is 5. The molecule has 0 bridgehead atoms. The minimum Gasteiger partial charge on any atom is -0.308 e. The van der Waals surface area contributed by atoms with Gasteiger partial charge in [0, 0.05) is 83.3 Å². The largest absolute Gasteiger partial charge is 0.308 e. The first kappa shape index (κ1) is 57.7. The summed E-state index contributed by atoms with van der Waals surface area (Å²) in [6, 6.07) is 28.7. The Hall–Kier alpha value is -7.03. The molecule has 0 aliphatic carbocycles. The van der Waals surface area contributed by atoms with E-state index in [0.29, 0.717) is 72.1 Å². The van der Waals surface area contributed by atoms with Crippen molar-refractivity contribution in [3.63, 3.8) is 0 Å². The third-order valence-electron chi connectivity index (χ3n) is 11.9. The summed E-state index contributed by atoms with van der Waals surface area (Å²) in [7, 11) is -1.00. The molecule has 0 saturated heterocycles. The van der Waals surface area contributed by atoms with Crippen LogP contribution in [0.15, 0.2) is 164 Å². The Morgan fingerprint density at radius 1 is 0.623 bits per heavy atom. The van der Waals surface area contributed by atoms with Gasteiger partial charge in [-0.2, -0.15) is 0 Å². The van der Waals surface area contributed by atoms with E-state index < -0.39 is 7.15 Å². The van der Waals surface area contributed by atoms with E-state index in [1.165, 1.54) is 24.3 Å². The fraction of sp³-hybridized carbons (Fsp3) is 0.220. The van der Waals surface area contributed by atoms with Crippen molar-refractivity contribution >= 4 is 80.5 Å². The van der Waals surface area contributed by atoms with E-state index in [1.54, 1.807) is 56.2 Å². The number of hydrogen-bond acceptors (Lipinski definition) is 9. The van der Waals surface area contributed by atoms with Gasteiger partial charge in [-0.15, -0.1) is 26.2 Å². The molecular formula is C59H55Br3F3N9O3. The lowest BCUT2D eigenvalue weighted by Crippen LogP contribution is -2.40. The van der Waals surface area contributed by atoms with Crippen molar-refractivity contribution in [3.05, 3.63) is 227 Å². The van der Waals surface area contributed by atoms with Gasteiger partial charge in [-0.05, 0) is 91.0 Å². The lowest BCUT2D eigenvalue weighted by atomic mass is 10.1. The summed E-state index contributed by atoms with van der Waals surface area (Å²) in [4.78, 5) is 55.6. The van der Waals surface area contributed by atoms with E-state index in [2.05, 4.69) is 110 Å². The van der Waals surface area contributed by atoms with Crippen molar-refractivity contribution in [1.82, 2.24) is 43.8 Å². The van der Waals surface area contributed by atoms with E-state index in [-0.39, 0.29) is 28.3 Å². The van der Waals surface area contributed by atoms with Crippen LogP contribution in [0.5, 0.6) is 0 Å². The molecule has 3 aromatic heterocycles. The predicted molar refractivity (Wildman–Crippen MR) is 314 cm³/mol. The van der Waals surface area contributed by atoms with Gasteiger partial charge in [-0.1, -0.05) is 95.9 Å². The maximum absolute atomic E-state index is 13.3. The number of terminal acetylenes is 1. The van der Waals surface area contributed by atoms with Gasteiger partial charge < -0.3 is 5.32 Å². The zero-order valence-electron chi connectivity index (χ0n) is 43.0. The van der Waals surface area contributed by atoms with Crippen molar-refractivity contribution in [1.29, 1.82) is 0 Å². The number of hydrogen-bond donors (Lipinski definition) is 1. The molecule has 0 atom stereocenters. The normalized spacial score (nSPS) is 13.3. The van der Waals surface area contributed by atoms with Crippen LogP contribution in [0.4, 0.5) is 13.2 Å². The minimum atomic E-state index is -1.00. The van der Waals surface area contributed by atoms with Crippen LogP contribution in [0.2, 0.25) is 0 Å². The third kappa shape index (κ3) is 16.0. The number of fused-ring (bicyclic) bond motifs is 6. The molecule has 0 radical (unpaired) electrons. The summed E-state index contributed by atoms with van der Waals surface area (Å²) in [5.41, 5.74) is 4.18. The molecule has 1 N–H and O–H groups in total. The summed E-state index contributed by atoms with van der Waals surface area (Å²) < 4.78 is 48.2. The van der Waals surface area contributed by atoms with E-state index in [4.69, 9.17) is 12.8 Å². The van der Waals surface area contributed by atoms with Crippen molar-refractivity contribution < 1.29 is 14.5 Å². The smallest absolute Gasteiger partial charge is 0.261 e. The highest BCUT2D eigenvalue weighted by molar-refractivity contribution is 9.10. The predicted octanol–water partition coefficient (Wildman–Crippen LogP) is 10.3. The maximum Gasteiger partial charge on any atom is 0.261 e. The highest BCUT2D eigenvalue weighted by Crippen LogP contribution is 2.20. The fourth-order valence-corrected chi connectivity index (χ4v) is 8.99. The molecule has 5 aromatic carbocycles. The SMILES string of the molecule is C#Cc1cccc(F)c1.C=CCBr.C=CCN1CCn2c(nc3cc(Br)ccc3c2=O)C1.C=CCN1CCn2c(nc3cc(C#Cc4cccc(F)c4)ccc3c2=O)C1.O=c1c2ccc(Br)cc2nc2n1CCNC2.[2H]CF. The minimum absolute atomic E-state index is 0.0158. The summed E-state index contributed by atoms with van der Waals surface area (Å²) in [6.45, 7) is 19.1. The number of nitrogens with zero attached hydrogens (tertiary/aromatic N) is 8. The van der Waals surface area contributed by atoms with E-state index in [9.17, 15) is 27.6 Å². The van der Waals surface area contributed by atoms with Gasteiger partial charge in [0.05, 0.1) is 60.9 Å². The number of rotatable bonds is 5. The van der Waals surface area contributed by atoms with Gasteiger partial charge in [-0.3, -0.25) is 42.3 Å². The summed E-state index contributed by atoms with van der Waals surface area (Å²) in [6.07, 6.45) is 10.5. The van der Waals surface area contributed by atoms with Crippen LogP contribution in [-0.2, 0) is 39.3 Å². The lowest BCUT2D eigenvalue weighted by molar-refractivity contribution is 0.234. The van der Waals surface area contributed by atoms with E-state index in [0.717, 1.165) is 81.1 Å². The van der Waals surface area contributed by atoms with Crippen LogP contribution in [0, 0.1) is 35.8 Å². The van der Waals surface area contributed by atoms with Crippen LogP contribution < -0.4 is 22.0 Å². The number of allylic oxidation sites excluding steroid dienone is 1. The molecule has 3 aliphatic rings. The second-order valence-corrected chi connectivity index (χ2v) is 19.6. The van der Waals surface area contributed by atoms with E-state index >= 15 is 0 Å². The highest BCUT2D eigenvalue weighted by Gasteiger charge is 2.21. The average molecular weight is 1240 g/mol. The van der Waals surface area contributed by atoms with Crippen molar-refractivity contribution in [2.75, 3.05) is 45.2 Å². The Bertz CT molecular complexity index is 3740. The molecule has 6 heterocycles. The Balaban J connectivity index is 0.000000170. The molecule has 0 saturated carbocycles. The van der Waals surface area contributed by atoms with Crippen LogP contribution in [0.25, 0.3) is 32.7 Å². The quantitative estimate of drug-likeness (QED) is 0.102. The van der Waals surface area contributed by atoms with Gasteiger partial charge in [0.2, 0.25) is 0 Å². The zero-order chi connectivity index (χ0) is 56.1. The van der Waals surface area contributed by atoms with Crippen LogP contribution in [-0.4, -0.2) is 83.7 Å². The molecule has 8 aromatic rings. The van der Waals surface area contributed by atoms with Gasteiger partial charge in [0.15, 0.2) is 0 Å². The lowest BCUT2D eigenvalue weighted by Gasteiger charge is -2.28. The molecule has 0 spiro atoms. The van der Waals surface area contributed by atoms with Crippen LogP contribution in [0.1, 0.15) is 35.5 Å². The zero-order valence-corrected chi connectivity index (χ0v) is 46.8. The average Bonchev–Trinajstić information content (AvgIpc) is 3.43. The maximum atomic E-state index is 13.3. The second-order valence-electron chi connectivity index (χ2n) is 17.1. The molecular weight excluding hydrogens is 1180 g/mol. The molecule has 18 heteroatoms. The van der Waals surface area contributed by atoms with Gasteiger partial charge in [0.1, 0.15) is 29.1 Å². The monoisotopic (exact) mass is 1230 g/mol. The van der Waals surface area contributed by atoms with E-state index in [1.807, 2.05) is 54.6 Å². The first-order chi connectivity index (χ1) is 37.7. The van der Waals surface area contributed by atoms with Gasteiger partial charge in [0.25, 0.3) is 16.7 Å². The van der Waals surface area contributed by atoms with Crippen molar-refractivity contribution in [2.24, 2.45) is 0 Å². The molecule has 0 unspecified atom stereocenters. The number of nitrogens with one attached hydrogen (secondary N) is 1. The Labute approximate surface area is 471 Å². The number of alkyl halides is 2. The third-order valence-corrected chi connectivity index (χ3v) is 13.3. The molecule has 0 amide bonds. The number of halogens is 6. The Morgan fingerprint density at radius 2 is 1.05 bits per heavy atom. The number of aromatic nitrogens is 6. The second kappa shape index (κ2) is 29.5. The Kier molecular flexibility index (Phi) is 22.1. The topological polar surface area (TPSA) is 123 Å². The van der Waals surface area contributed by atoms with Gasteiger partial charge in [-0.25, -0.2) is 23.7 Å². The summed E-state index contributed by atoms with van der Waals surface area (Å²) in [5, 5.41) is 6.07. The summed E-state index contributed by atoms with van der Waals surface area (Å²) >= 11 is 9.94. The highest BCUT2D eigenvalue weighted by atomic mass is 79.9. The van der Waals surface area contributed by atoms with Crippen LogP contribution >= 0.6 is 47.8 Å². The molecule has 396 valence electrons. The molecule has 11 rings (SSSR count). The molecule has 12 nitrogen and oxygen atoms in total. The molecule has 77 heavy (non-hydrogen) atoms. The molecule has 3 aliphatic heterocycles. The first-order valence-corrected chi connectivity index (χ1v) is 26.8. The fourth-order valence-electron chi connectivity index (χ4n) is 8.29. The van der Waals surface area contributed by atoms with Crippen molar-refractivity contribution in [2.45, 2.75) is 39.3 Å². The first-order valence-electron chi connectivity index (χ1n) is 24.8.